The molecule has 0 amide bonds. The number of esters is 1. The Morgan fingerprint density at radius 1 is 1.24 bits per heavy atom. The maximum absolute atomic E-state index is 13.4. The SMILES string of the molecule is CCCCC(C)(C)C(=O)C(C(=O)OCC)C(C[N+](=O)[O-])c1ccc2c(c1)OCO2. The van der Waals surface area contributed by atoms with Crippen LogP contribution >= 0.6 is 0 Å². The molecule has 0 aliphatic carbocycles. The number of fused-ring (bicyclic) bond motifs is 1. The molecule has 0 N–H and O–H groups in total. The molecule has 0 fully saturated rings. The fourth-order valence-electron chi connectivity index (χ4n) is 3.56. The second-order valence-corrected chi connectivity index (χ2v) is 7.82. The van der Waals surface area contributed by atoms with Gasteiger partial charge in [0, 0.05) is 10.3 Å². The van der Waals surface area contributed by atoms with Crippen LogP contribution in [0.3, 0.4) is 0 Å². The average Bonchev–Trinajstić information content (AvgIpc) is 3.13. The number of nitrogens with zero attached hydrogens (tertiary/aromatic N) is 1. The molecule has 8 heteroatoms. The molecule has 0 radical (unpaired) electrons. The molecular weight excluding hydrogens is 378 g/mol. The van der Waals surface area contributed by atoms with Crippen molar-refractivity contribution in [3.63, 3.8) is 0 Å². The molecule has 0 saturated heterocycles. The molecule has 1 aliphatic heterocycles. The first kappa shape index (κ1) is 22.6. The molecule has 2 unspecified atom stereocenters. The van der Waals surface area contributed by atoms with E-state index in [4.69, 9.17) is 14.2 Å². The molecule has 160 valence electrons. The molecule has 1 aromatic rings. The van der Waals surface area contributed by atoms with Crippen LogP contribution in [-0.4, -0.2) is 36.6 Å². The van der Waals surface area contributed by atoms with E-state index in [9.17, 15) is 19.7 Å². The number of hydrogen-bond acceptors (Lipinski definition) is 7. The fraction of sp³-hybridized carbons (Fsp3) is 0.619. The van der Waals surface area contributed by atoms with Gasteiger partial charge in [0.05, 0.1) is 12.5 Å². The van der Waals surface area contributed by atoms with Gasteiger partial charge in [0.15, 0.2) is 17.3 Å². The molecule has 2 rings (SSSR count). The van der Waals surface area contributed by atoms with Crippen LogP contribution in [0.15, 0.2) is 18.2 Å². The Bertz CT molecular complexity index is 759. The topological polar surface area (TPSA) is 105 Å². The van der Waals surface area contributed by atoms with E-state index >= 15 is 0 Å². The fourth-order valence-corrected chi connectivity index (χ4v) is 3.56. The smallest absolute Gasteiger partial charge is 0.317 e. The van der Waals surface area contributed by atoms with Crippen molar-refractivity contribution in [2.45, 2.75) is 52.9 Å². The van der Waals surface area contributed by atoms with Gasteiger partial charge in [-0.3, -0.25) is 19.7 Å². The minimum Gasteiger partial charge on any atom is -0.465 e. The van der Waals surface area contributed by atoms with Crippen molar-refractivity contribution in [2.75, 3.05) is 19.9 Å². The standard InChI is InChI=1S/C21H29NO7/c1-5-7-10-21(3,4)19(23)18(20(24)27-6-2)15(12-22(25)26)14-8-9-16-17(11-14)29-13-28-16/h8-9,11,15,18H,5-7,10,12-13H2,1-4H3. The second-order valence-electron chi connectivity index (χ2n) is 7.82. The van der Waals surface area contributed by atoms with E-state index < -0.39 is 34.7 Å². The molecule has 0 bridgehead atoms. The van der Waals surface area contributed by atoms with E-state index in [0.717, 1.165) is 12.8 Å². The molecule has 1 heterocycles. The molecule has 2 atom stereocenters. The second kappa shape index (κ2) is 9.71. The number of carbonyl (C=O) groups is 2. The van der Waals surface area contributed by atoms with Gasteiger partial charge in [-0.05, 0) is 31.0 Å². The molecule has 29 heavy (non-hydrogen) atoms. The van der Waals surface area contributed by atoms with Crippen LogP contribution in [-0.2, 0) is 14.3 Å². The quantitative estimate of drug-likeness (QED) is 0.238. The van der Waals surface area contributed by atoms with Crippen molar-refractivity contribution < 1.29 is 28.7 Å². The van der Waals surface area contributed by atoms with Gasteiger partial charge in [0.2, 0.25) is 13.3 Å². The Kier molecular flexibility index (Phi) is 7.59. The van der Waals surface area contributed by atoms with E-state index in [0.29, 0.717) is 23.5 Å². The van der Waals surface area contributed by atoms with Crippen LogP contribution in [0.5, 0.6) is 11.5 Å². The van der Waals surface area contributed by atoms with Crippen LogP contribution in [0.4, 0.5) is 0 Å². The van der Waals surface area contributed by atoms with E-state index in [1.807, 2.05) is 6.92 Å². The van der Waals surface area contributed by atoms with Crippen LogP contribution < -0.4 is 9.47 Å². The Labute approximate surface area is 170 Å². The highest BCUT2D eigenvalue weighted by atomic mass is 16.7. The first-order chi connectivity index (χ1) is 13.7. The molecule has 0 spiro atoms. The third-order valence-electron chi connectivity index (χ3n) is 5.22. The summed E-state index contributed by atoms with van der Waals surface area (Å²) in [4.78, 5) is 37.2. The molecule has 1 aromatic carbocycles. The molecule has 8 nitrogen and oxygen atoms in total. The molecule has 1 aliphatic rings. The Balaban J connectivity index is 2.48. The summed E-state index contributed by atoms with van der Waals surface area (Å²) < 4.78 is 15.8. The highest BCUT2D eigenvalue weighted by Crippen LogP contribution is 2.40. The van der Waals surface area contributed by atoms with Crippen molar-refractivity contribution in [1.82, 2.24) is 0 Å². The normalized spacial score (nSPS) is 14.9. The Morgan fingerprint density at radius 2 is 1.93 bits per heavy atom. The van der Waals surface area contributed by atoms with Crippen molar-refractivity contribution in [3.05, 3.63) is 33.9 Å². The summed E-state index contributed by atoms with van der Waals surface area (Å²) in [7, 11) is 0. The number of benzene rings is 1. The summed E-state index contributed by atoms with van der Waals surface area (Å²) in [6, 6.07) is 4.88. The number of hydrogen-bond donors (Lipinski definition) is 0. The summed E-state index contributed by atoms with van der Waals surface area (Å²) in [5.41, 5.74) is -0.331. The third-order valence-corrected chi connectivity index (χ3v) is 5.22. The molecular formula is C21H29NO7. The number of ether oxygens (including phenoxy) is 3. The van der Waals surface area contributed by atoms with Gasteiger partial charge >= 0.3 is 5.97 Å². The van der Waals surface area contributed by atoms with Gasteiger partial charge < -0.3 is 14.2 Å². The van der Waals surface area contributed by atoms with Crippen molar-refractivity contribution in [1.29, 1.82) is 0 Å². The van der Waals surface area contributed by atoms with Gasteiger partial charge in [-0.2, -0.15) is 0 Å². The van der Waals surface area contributed by atoms with E-state index in [1.54, 1.807) is 39.0 Å². The summed E-state index contributed by atoms with van der Waals surface area (Å²) in [6.07, 6.45) is 2.31. The largest absolute Gasteiger partial charge is 0.465 e. The molecule has 0 aromatic heterocycles. The van der Waals surface area contributed by atoms with Gasteiger partial charge in [-0.15, -0.1) is 0 Å². The zero-order valence-electron chi connectivity index (χ0n) is 17.4. The number of Topliss-reactive ketones (excluding diaryl/α,β-unsaturated/α-hetero) is 1. The maximum Gasteiger partial charge on any atom is 0.317 e. The monoisotopic (exact) mass is 407 g/mol. The lowest BCUT2D eigenvalue weighted by molar-refractivity contribution is -0.484. The van der Waals surface area contributed by atoms with E-state index in [2.05, 4.69) is 0 Å². The summed E-state index contributed by atoms with van der Waals surface area (Å²) in [6.45, 7) is 6.79. The first-order valence-corrected chi connectivity index (χ1v) is 9.93. The van der Waals surface area contributed by atoms with Gasteiger partial charge in [0.25, 0.3) is 0 Å². The molecule has 0 saturated carbocycles. The van der Waals surface area contributed by atoms with Crippen molar-refractivity contribution in [3.8, 4) is 11.5 Å². The van der Waals surface area contributed by atoms with Crippen LogP contribution in [0, 0.1) is 21.4 Å². The predicted octanol–water partition coefficient (Wildman–Crippen LogP) is 3.74. The zero-order valence-corrected chi connectivity index (χ0v) is 17.4. The number of carbonyl (C=O) groups excluding carboxylic acids is 2. The summed E-state index contributed by atoms with van der Waals surface area (Å²) >= 11 is 0. The van der Waals surface area contributed by atoms with Gasteiger partial charge in [-0.25, -0.2) is 0 Å². The maximum atomic E-state index is 13.4. The Morgan fingerprint density at radius 3 is 2.55 bits per heavy atom. The van der Waals surface area contributed by atoms with E-state index in [1.165, 1.54) is 0 Å². The zero-order chi connectivity index (χ0) is 21.6. The minimum absolute atomic E-state index is 0.0585. The lowest BCUT2D eigenvalue weighted by atomic mass is 9.71. The number of ketones is 1. The minimum atomic E-state index is -1.27. The van der Waals surface area contributed by atoms with Crippen LogP contribution in [0.25, 0.3) is 0 Å². The van der Waals surface area contributed by atoms with Gasteiger partial charge in [0.1, 0.15) is 5.92 Å². The van der Waals surface area contributed by atoms with Crippen LogP contribution in [0.1, 0.15) is 58.4 Å². The van der Waals surface area contributed by atoms with Crippen molar-refractivity contribution >= 4 is 11.8 Å². The number of nitro groups is 1. The van der Waals surface area contributed by atoms with Crippen molar-refractivity contribution in [2.24, 2.45) is 11.3 Å². The lowest BCUT2D eigenvalue weighted by Crippen LogP contribution is -2.41. The Hall–Kier alpha value is -2.64. The highest BCUT2D eigenvalue weighted by Gasteiger charge is 2.45. The summed E-state index contributed by atoms with van der Waals surface area (Å²) in [5, 5.41) is 11.4. The summed E-state index contributed by atoms with van der Waals surface area (Å²) in [5.74, 6) is -2.34. The number of rotatable bonds is 11. The van der Waals surface area contributed by atoms with Crippen LogP contribution in [0.2, 0.25) is 0 Å². The number of unbranched alkanes of at least 4 members (excludes halogenated alkanes) is 1. The highest BCUT2D eigenvalue weighted by molar-refractivity contribution is 6.02. The first-order valence-electron chi connectivity index (χ1n) is 9.93. The average molecular weight is 407 g/mol. The third kappa shape index (κ3) is 5.46. The van der Waals surface area contributed by atoms with E-state index in [-0.39, 0.29) is 19.2 Å². The van der Waals surface area contributed by atoms with Gasteiger partial charge in [-0.1, -0.05) is 39.7 Å². The predicted molar refractivity (Wildman–Crippen MR) is 106 cm³/mol. The lowest BCUT2D eigenvalue weighted by Gasteiger charge is -2.30.